The highest BCUT2D eigenvalue weighted by atomic mass is 35.5. The Morgan fingerprint density at radius 3 is 2.88 bits per heavy atom. The molecule has 8 heteroatoms. The molecule has 4 rings (SSSR count). The number of aromatic nitrogens is 4. The van der Waals surface area contributed by atoms with E-state index >= 15 is 0 Å². The molecule has 1 N–H and O–H groups in total. The Bertz CT molecular complexity index is 970. The Balaban J connectivity index is 1.59. The first kappa shape index (κ1) is 17.1. The minimum atomic E-state index is -0.246. The second-order valence-corrected chi connectivity index (χ2v) is 7.35. The fourth-order valence-corrected chi connectivity index (χ4v) is 3.33. The van der Waals surface area contributed by atoms with Crippen LogP contribution in [0.25, 0.3) is 11.4 Å². The van der Waals surface area contributed by atoms with Crippen LogP contribution < -0.4 is 5.32 Å². The molecule has 0 unspecified atom stereocenters. The molecule has 26 heavy (non-hydrogen) atoms. The van der Waals surface area contributed by atoms with Gasteiger partial charge in [0.1, 0.15) is 0 Å². The van der Waals surface area contributed by atoms with Gasteiger partial charge in [-0.2, -0.15) is 0 Å². The number of benzene rings is 2. The quantitative estimate of drug-likeness (QED) is 0.663. The predicted octanol–water partition coefficient (Wildman–Crippen LogP) is 4.30. The van der Waals surface area contributed by atoms with E-state index in [1.807, 2.05) is 41.3 Å². The van der Waals surface area contributed by atoms with Crippen molar-refractivity contribution in [1.82, 2.24) is 20.2 Å². The number of thioether (sulfide) groups is 1. The van der Waals surface area contributed by atoms with Crippen molar-refractivity contribution in [2.45, 2.75) is 23.8 Å². The average molecular weight is 386 g/mol. The number of halogens is 1. The first-order valence-corrected chi connectivity index (χ1v) is 9.79. The maximum absolute atomic E-state index is 12.6. The normalized spacial score (nSPS) is 13.6. The number of carbonyl (C=O) groups excluding carboxylic acids is 1. The molecule has 0 spiro atoms. The van der Waals surface area contributed by atoms with E-state index in [0.29, 0.717) is 28.1 Å². The summed E-state index contributed by atoms with van der Waals surface area (Å²) < 4.78 is 1.85. The number of tetrazole rings is 1. The number of nitrogens with zero attached hydrogens (tertiary/aromatic N) is 4. The van der Waals surface area contributed by atoms with Gasteiger partial charge < -0.3 is 5.32 Å². The highest BCUT2D eigenvalue weighted by Gasteiger charge is 2.28. The lowest BCUT2D eigenvalue weighted by Crippen LogP contribution is -2.12. The maximum atomic E-state index is 12.6. The van der Waals surface area contributed by atoms with E-state index < -0.39 is 0 Å². The van der Waals surface area contributed by atoms with Crippen LogP contribution in [0.3, 0.4) is 0 Å². The molecule has 1 amide bonds. The Hall–Kier alpha value is -2.38. The van der Waals surface area contributed by atoms with Crippen molar-refractivity contribution in [1.29, 1.82) is 0 Å². The number of rotatable bonds is 5. The van der Waals surface area contributed by atoms with Gasteiger partial charge in [-0.1, -0.05) is 23.7 Å². The smallest absolute Gasteiger partial charge is 0.257 e. The van der Waals surface area contributed by atoms with Crippen molar-refractivity contribution in [3.05, 3.63) is 53.1 Å². The molecule has 1 fully saturated rings. The summed E-state index contributed by atoms with van der Waals surface area (Å²) in [7, 11) is 0. The van der Waals surface area contributed by atoms with Crippen molar-refractivity contribution in [2.24, 2.45) is 0 Å². The van der Waals surface area contributed by atoms with Crippen LogP contribution in [0.5, 0.6) is 0 Å². The minimum Gasteiger partial charge on any atom is -0.322 e. The van der Waals surface area contributed by atoms with Crippen molar-refractivity contribution >= 4 is 35.0 Å². The van der Waals surface area contributed by atoms with Gasteiger partial charge in [0.25, 0.3) is 5.91 Å². The number of anilines is 1. The summed E-state index contributed by atoms with van der Waals surface area (Å²) in [5.74, 6) is 0.468. The third-order valence-corrected chi connectivity index (χ3v) is 5.24. The Morgan fingerprint density at radius 1 is 1.27 bits per heavy atom. The number of hydrogen-bond donors (Lipinski definition) is 1. The fourth-order valence-electron chi connectivity index (χ4n) is 2.69. The zero-order valence-corrected chi connectivity index (χ0v) is 15.6. The van der Waals surface area contributed by atoms with Gasteiger partial charge in [-0.25, -0.2) is 4.68 Å². The van der Waals surface area contributed by atoms with Crippen LogP contribution >= 0.6 is 23.4 Å². The van der Waals surface area contributed by atoms with Crippen LogP contribution in [-0.4, -0.2) is 32.4 Å². The third kappa shape index (κ3) is 3.45. The zero-order chi connectivity index (χ0) is 18.1. The first-order chi connectivity index (χ1) is 12.7. The fraction of sp³-hybridized carbons (Fsp3) is 0.222. The molecule has 3 aromatic rings. The summed E-state index contributed by atoms with van der Waals surface area (Å²) in [6, 6.07) is 13.3. The monoisotopic (exact) mass is 385 g/mol. The molecule has 6 nitrogen and oxygen atoms in total. The molecule has 0 atom stereocenters. The summed E-state index contributed by atoms with van der Waals surface area (Å²) in [5, 5.41) is 15.3. The molecule has 1 saturated carbocycles. The topological polar surface area (TPSA) is 72.7 Å². The summed E-state index contributed by atoms with van der Waals surface area (Å²) in [4.78, 5) is 13.6. The largest absolute Gasteiger partial charge is 0.322 e. The van der Waals surface area contributed by atoms with E-state index in [4.69, 9.17) is 11.6 Å². The second-order valence-electron chi connectivity index (χ2n) is 6.06. The molecule has 1 aromatic heterocycles. The standard InChI is InChI=1S/C18H16ClN5OS/c1-26-14-7-8-16(19)15(10-14)18(25)20-12-4-2-3-11(9-12)17-21-22-23-24(17)13-5-6-13/h2-4,7-10,13H,5-6H2,1H3,(H,20,25). The number of hydrogen-bond acceptors (Lipinski definition) is 5. The lowest BCUT2D eigenvalue weighted by atomic mass is 10.1. The molecular weight excluding hydrogens is 370 g/mol. The predicted molar refractivity (Wildman–Crippen MR) is 103 cm³/mol. The van der Waals surface area contributed by atoms with Crippen LogP contribution in [0.15, 0.2) is 47.4 Å². The SMILES string of the molecule is CSc1ccc(Cl)c(C(=O)Nc2cccc(-c3nnnn3C3CC3)c2)c1. The lowest BCUT2D eigenvalue weighted by Gasteiger charge is -2.09. The van der Waals surface area contributed by atoms with E-state index in [-0.39, 0.29) is 5.91 Å². The van der Waals surface area contributed by atoms with Gasteiger partial charge in [-0.05, 0) is 59.9 Å². The summed E-state index contributed by atoms with van der Waals surface area (Å²) >= 11 is 7.75. The molecule has 132 valence electrons. The molecule has 1 aliphatic rings. The highest BCUT2D eigenvalue weighted by molar-refractivity contribution is 7.98. The van der Waals surface area contributed by atoms with Gasteiger partial charge in [0, 0.05) is 16.1 Å². The second kappa shape index (κ2) is 7.09. The Labute approximate surface area is 159 Å². The zero-order valence-electron chi connectivity index (χ0n) is 14.0. The number of carbonyl (C=O) groups is 1. The van der Waals surface area contributed by atoms with Crippen LogP contribution in [0, 0.1) is 0 Å². The molecular formula is C18H16ClN5OS. The van der Waals surface area contributed by atoms with E-state index in [2.05, 4.69) is 20.8 Å². The Morgan fingerprint density at radius 2 is 2.12 bits per heavy atom. The first-order valence-electron chi connectivity index (χ1n) is 8.19. The summed E-state index contributed by atoms with van der Waals surface area (Å²) in [5.41, 5.74) is 1.99. The Kier molecular flexibility index (Phi) is 4.65. The molecule has 1 aliphatic carbocycles. The van der Waals surface area contributed by atoms with E-state index in [1.54, 1.807) is 23.9 Å². The molecule has 2 aromatic carbocycles. The maximum Gasteiger partial charge on any atom is 0.257 e. The van der Waals surface area contributed by atoms with E-state index in [0.717, 1.165) is 23.3 Å². The third-order valence-electron chi connectivity index (χ3n) is 4.18. The average Bonchev–Trinajstić information content (AvgIpc) is 3.38. The minimum absolute atomic E-state index is 0.246. The molecule has 0 aliphatic heterocycles. The lowest BCUT2D eigenvalue weighted by molar-refractivity contribution is 0.102. The van der Waals surface area contributed by atoms with Gasteiger partial charge in [0.05, 0.1) is 16.6 Å². The van der Waals surface area contributed by atoms with Crippen molar-refractivity contribution < 1.29 is 4.79 Å². The van der Waals surface area contributed by atoms with E-state index in [1.165, 1.54) is 0 Å². The van der Waals surface area contributed by atoms with Gasteiger partial charge in [0.2, 0.25) is 0 Å². The number of nitrogens with one attached hydrogen (secondary N) is 1. The summed E-state index contributed by atoms with van der Waals surface area (Å²) in [6.45, 7) is 0. The van der Waals surface area contributed by atoms with Crippen LogP contribution in [0.1, 0.15) is 29.2 Å². The van der Waals surface area contributed by atoms with Gasteiger partial charge in [-0.3, -0.25) is 4.79 Å². The molecule has 1 heterocycles. The van der Waals surface area contributed by atoms with E-state index in [9.17, 15) is 4.79 Å². The molecule has 0 radical (unpaired) electrons. The summed E-state index contributed by atoms with van der Waals surface area (Å²) in [6.07, 6.45) is 4.15. The molecule has 0 bridgehead atoms. The van der Waals surface area contributed by atoms with Gasteiger partial charge >= 0.3 is 0 Å². The van der Waals surface area contributed by atoms with Gasteiger partial charge in [-0.15, -0.1) is 16.9 Å². The van der Waals surface area contributed by atoms with Gasteiger partial charge in [0.15, 0.2) is 5.82 Å². The van der Waals surface area contributed by atoms with Crippen LogP contribution in [-0.2, 0) is 0 Å². The van der Waals surface area contributed by atoms with Crippen LogP contribution in [0.2, 0.25) is 5.02 Å². The molecule has 0 saturated heterocycles. The van der Waals surface area contributed by atoms with Crippen molar-refractivity contribution in [3.63, 3.8) is 0 Å². The van der Waals surface area contributed by atoms with Crippen LogP contribution in [0.4, 0.5) is 5.69 Å². The highest BCUT2D eigenvalue weighted by Crippen LogP contribution is 2.36. The van der Waals surface area contributed by atoms with Crippen molar-refractivity contribution in [2.75, 3.05) is 11.6 Å². The number of amides is 1. The van der Waals surface area contributed by atoms with Crippen molar-refractivity contribution in [3.8, 4) is 11.4 Å².